The third kappa shape index (κ3) is 3.37. The van der Waals surface area contributed by atoms with Crippen molar-refractivity contribution < 1.29 is 9.53 Å². The highest BCUT2D eigenvalue weighted by Crippen LogP contribution is 2.31. The maximum atomic E-state index is 12.5. The van der Waals surface area contributed by atoms with Crippen LogP contribution in [-0.4, -0.2) is 23.9 Å². The number of thiazole rings is 1. The number of hydrogen-bond acceptors (Lipinski definition) is 5. The van der Waals surface area contributed by atoms with Gasteiger partial charge in [-0.25, -0.2) is 4.98 Å². The van der Waals surface area contributed by atoms with Gasteiger partial charge in [0, 0.05) is 5.02 Å². The zero-order valence-electron chi connectivity index (χ0n) is 13.4. The molecule has 0 saturated carbocycles. The number of aryl methyl sites for hydroxylation is 1. The summed E-state index contributed by atoms with van der Waals surface area (Å²) in [6, 6.07) is 11.1. The molecule has 0 unspecified atom stereocenters. The van der Waals surface area contributed by atoms with Crippen LogP contribution in [0.3, 0.4) is 0 Å². The first-order valence-electron chi connectivity index (χ1n) is 7.64. The van der Waals surface area contributed by atoms with Crippen LogP contribution < -0.4 is 10.1 Å². The molecule has 1 N–H and O–H groups in total. The fourth-order valence-corrected chi connectivity index (χ4v) is 3.48. The number of rotatable bonds is 6. The molecule has 1 aromatic heterocycles. The lowest BCUT2D eigenvalue weighted by Gasteiger charge is -2.09. The van der Waals surface area contributed by atoms with Crippen LogP contribution in [-0.2, 0) is 0 Å². The number of halogens is 1. The Morgan fingerprint density at radius 3 is 2.88 bits per heavy atom. The van der Waals surface area contributed by atoms with Gasteiger partial charge in [0.1, 0.15) is 5.75 Å². The molecule has 124 valence electrons. The van der Waals surface area contributed by atoms with E-state index in [0.717, 1.165) is 15.8 Å². The minimum atomic E-state index is -0.0342. The summed E-state index contributed by atoms with van der Waals surface area (Å²) in [6.07, 6.45) is 0. The van der Waals surface area contributed by atoms with Crippen molar-refractivity contribution in [3.05, 3.63) is 52.5 Å². The lowest BCUT2D eigenvalue weighted by molar-refractivity contribution is 0.100. The highest BCUT2D eigenvalue weighted by molar-refractivity contribution is 7.22. The van der Waals surface area contributed by atoms with Crippen molar-refractivity contribution in [2.75, 3.05) is 18.5 Å². The average Bonchev–Trinajstić information content (AvgIpc) is 3.01. The standard InChI is InChI=1S/C18H17ClN2O2S/c1-3-23-15-7-5-4-6-12(15)14(22)10-20-18-21-17-11(2)13(19)8-9-16(17)24-18/h4-9H,3,10H2,1-2H3,(H,20,21). The minimum Gasteiger partial charge on any atom is -0.493 e. The first-order chi connectivity index (χ1) is 11.6. The van der Waals surface area contributed by atoms with E-state index in [1.165, 1.54) is 11.3 Å². The van der Waals surface area contributed by atoms with Crippen molar-refractivity contribution in [2.24, 2.45) is 0 Å². The van der Waals surface area contributed by atoms with Gasteiger partial charge in [-0.2, -0.15) is 0 Å². The Labute approximate surface area is 149 Å². The normalized spacial score (nSPS) is 10.8. The predicted octanol–water partition coefficient (Wildman–Crippen LogP) is 4.95. The maximum Gasteiger partial charge on any atom is 0.185 e. The predicted molar refractivity (Wildman–Crippen MR) is 99.8 cm³/mol. The summed E-state index contributed by atoms with van der Waals surface area (Å²) in [5, 5.41) is 4.51. The summed E-state index contributed by atoms with van der Waals surface area (Å²) in [7, 11) is 0. The van der Waals surface area contributed by atoms with Gasteiger partial charge in [-0.15, -0.1) is 0 Å². The van der Waals surface area contributed by atoms with E-state index in [4.69, 9.17) is 16.3 Å². The molecule has 6 heteroatoms. The number of ketones is 1. The molecule has 0 aliphatic rings. The third-order valence-corrected chi connectivity index (χ3v) is 5.02. The number of nitrogens with one attached hydrogen (secondary N) is 1. The SMILES string of the molecule is CCOc1ccccc1C(=O)CNc1nc2c(C)c(Cl)ccc2s1. The number of nitrogens with zero attached hydrogens (tertiary/aromatic N) is 1. The van der Waals surface area contributed by atoms with Crippen molar-refractivity contribution in [3.63, 3.8) is 0 Å². The summed E-state index contributed by atoms with van der Waals surface area (Å²) >= 11 is 7.64. The van der Waals surface area contributed by atoms with Crippen molar-refractivity contribution in [1.82, 2.24) is 4.98 Å². The Morgan fingerprint density at radius 2 is 2.08 bits per heavy atom. The molecule has 0 amide bonds. The Morgan fingerprint density at radius 1 is 1.29 bits per heavy atom. The Kier molecular flexibility index (Phi) is 5.02. The number of anilines is 1. The quantitative estimate of drug-likeness (QED) is 0.632. The van der Waals surface area contributed by atoms with Crippen LogP contribution in [0.25, 0.3) is 10.2 Å². The molecule has 3 aromatic rings. The van der Waals surface area contributed by atoms with Crippen LogP contribution in [0.1, 0.15) is 22.8 Å². The van der Waals surface area contributed by atoms with E-state index >= 15 is 0 Å². The number of carbonyl (C=O) groups excluding carboxylic acids is 1. The summed E-state index contributed by atoms with van der Waals surface area (Å²) in [5.41, 5.74) is 2.40. The summed E-state index contributed by atoms with van der Waals surface area (Å²) < 4.78 is 6.55. The van der Waals surface area contributed by atoms with Crippen LogP contribution >= 0.6 is 22.9 Å². The summed E-state index contributed by atoms with van der Waals surface area (Å²) in [6.45, 7) is 4.53. The molecule has 0 aliphatic heterocycles. The number of hydrogen-bond donors (Lipinski definition) is 1. The molecule has 0 aliphatic carbocycles. The van der Waals surface area contributed by atoms with E-state index in [1.807, 2.05) is 38.1 Å². The molecule has 0 bridgehead atoms. The summed E-state index contributed by atoms with van der Waals surface area (Å²) in [4.78, 5) is 17.0. The maximum absolute atomic E-state index is 12.5. The Bertz CT molecular complexity index is 892. The third-order valence-electron chi connectivity index (χ3n) is 3.64. The van der Waals surface area contributed by atoms with Crippen LogP contribution in [0, 0.1) is 6.92 Å². The lowest BCUT2D eigenvalue weighted by atomic mass is 10.1. The van der Waals surface area contributed by atoms with E-state index in [9.17, 15) is 4.79 Å². The number of para-hydroxylation sites is 1. The zero-order chi connectivity index (χ0) is 17.1. The Hall–Kier alpha value is -2.11. The molecule has 24 heavy (non-hydrogen) atoms. The lowest BCUT2D eigenvalue weighted by Crippen LogP contribution is -2.15. The topological polar surface area (TPSA) is 51.2 Å². The van der Waals surface area contributed by atoms with Crippen molar-refractivity contribution in [1.29, 1.82) is 0 Å². The van der Waals surface area contributed by atoms with Gasteiger partial charge >= 0.3 is 0 Å². The molecule has 0 atom stereocenters. The first-order valence-corrected chi connectivity index (χ1v) is 8.84. The van der Waals surface area contributed by atoms with Crippen LogP contribution in [0.4, 0.5) is 5.13 Å². The van der Waals surface area contributed by atoms with E-state index in [2.05, 4.69) is 10.3 Å². The molecule has 0 radical (unpaired) electrons. The molecule has 2 aromatic carbocycles. The second kappa shape index (κ2) is 7.20. The van der Waals surface area contributed by atoms with Gasteiger partial charge in [-0.1, -0.05) is 35.1 Å². The van der Waals surface area contributed by atoms with E-state index in [-0.39, 0.29) is 12.3 Å². The van der Waals surface area contributed by atoms with Crippen molar-refractivity contribution in [2.45, 2.75) is 13.8 Å². The van der Waals surface area contributed by atoms with Crippen LogP contribution in [0.5, 0.6) is 5.75 Å². The van der Waals surface area contributed by atoms with E-state index < -0.39 is 0 Å². The largest absolute Gasteiger partial charge is 0.493 e. The van der Waals surface area contributed by atoms with Crippen LogP contribution in [0.15, 0.2) is 36.4 Å². The molecular weight excluding hydrogens is 344 g/mol. The average molecular weight is 361 g/mol. The van der Waals surface area contributed by atoms with Gasteiger partial charge in [0.05, 0.1) is 28.9 Å². The monoisotopic (exact) mass is 360 g/mol. The molecule has 0 saturated heterocycles. The van der Waals surface area contributed by atoms with Crippen molar-refractivity contribution >= 4 is 44.1 Å². The van der Waals surface area contributed by atoms with Crippen LogP contribution in [0.2, 0.25) is 5.02 Å². The van der Waals surface area contributed by atoms with E-state index in [1.54, 1.807) is 12.1 Å². The highest BCUT2D eigenvalue weighted by atomic mass is 35.5. The highest BCUT2D eigenvalue weighted by Gasteiger charge is 2.13. The van der Waals surface area contributed by atoms with Gasteiger partial charge in [-0.3, -0.25) is 4.79 Å². The Balaban J connectivity index is 1.76. The fraction of sp³-hybridized carbons (Fsp3) is 0.222. The van der Waals surface area contributed by atoms with Gasteiger partial charge in [0.15, 0.2) is 10.9 Å². The molecular formula is C18H17ClN2O2S. The first kappa shape index (κ1) is 16.7. The second-order valence-electron chi connectivity index (χ2n) is 5.24. The summed E-state index contributed by atoms with van der Waals surface area (Å²) in [5.74, 6) is 0.576. The molecule has 0 fully saturated rings. The number of aromatic nitrogens is 1. The second-order valence-corrected chi connectivity index (χ2v) is 6.68. The van der Waals surface area contributed by atoms with E-state index in [0.29, 0.717) is 28.1 Å². The minimum absolute atomic E-state index is 0.0342. The van der Waals surface area contributed by atoms with Gasteiger partial charge in [0.2, 0.25) is 0 Å². The number of ether oxygens (including phenoxy) is 1. The van der Waals surface area contributed by atoms with Gasteiger partial charge < -0.3 is 10.1 Å². The van der Waals surface area contributed by atoms with Gasteiger partial charge in [-0.05, 0) is 43.7 Å². The fourth-order valence-electron chi connectivity index (χ4n) is 2.41. The molecule has 4 nitrogen and oxygen atoms in total. The van der Waals surface area contributed by atoms with Gasteiger partial charge in [0.25, 0.3) is 0 Å². The number of carbonyl (C=O) groups is 1. The number of Topliss-reactive ketones (excluding diaryl/α,β-unsaturated/α-hetero) is 1. The van der Waals surface area contributed by atoms with Crippen molar-refractivity contribution in [3.8, 4) is 5.75 Å². The number of benzene rings is 2. The smallest absolute Gasteiger partial charge is 0.185 e. The molecule has 0 spiro atoms. The molecule has 3 rings (SSSR count). The number of fused-ring (bicyclic) bond motifs is 1. The molecule has 1 heterocycles. The zero-order valence-corrected chi connectivity index (χ0v) is 15.0.